The molecule has 4 rings (SSSR count). The van der Waals surface area contributed by atoms with Crippen LogP contribution < -0.4 is 5.32 Å². The number of carbonyl (C=O) groups excluding carboxylic acids is 2. The number of carboxylic acids is 1. The van der Waals surface area contributed by atoms with Crippen LogP contribution >= 0.6 is 0 Å². The smallest absolute Gasteiger partial charge is 0.407 e. The molecular weight excluding hydrogens is 432 g/mol. The number of nitrogens with zero attached hydrogens (tertiary/aromatic N) is 1. The highest BCUT2D eigenvalue weighted by Crippen LogP contribution is 2.44. The quantitative estimate of drug-likeness (QED) is 0.582. The molecule has 2 N–H and O–H groups in total. The molecule has 180 valence electrons. The molecule has 1 aliphatic heterocycles. The van der Waals surface area contributed by atoms with Crippen LogP contribution in [0.4, 0.5) is 4.79 Å². The van der Waals surface area contributed by atoms with E-state index in [1.807, 2.05) is 38.1 Å². The lowest BCUT2D eigenvalue weighted by Crippen LogP contribution is -2.54. The average molecular weight is 465 g/mol. The van der Waals surface area contributed by atoms with Crippen LogP contribution in [0, 0.1) is 17.8 Å². The third-order valence-electron chi connectivity index (χ3n) is 6.67. The maximum absolute atomic E-state index is 12.9. The number of amides is 2. The minimum Gasteiger partial charge on any atom is -0.481 e. The van der Waals surface area contributed by atoms with E-state index in [1.165, 1.54) is 11.1 Å². The summed E-state index contributed by atoms with van der Waals surface area (Å²) in [6.07, 6.45) is 0.190. The first kappa shape index (κ1) is 23.8. The first-order valence-electron chi connectivity index (χ1n) is 11.9. The van der Waals surface area contributed by atoms with Crippen LogP contribution in [0.25, 0.3) is 11.1 Å². The number of carbonyl (C=O) groups is 3. The molecule has 34 heavy (non-hydrogen) atoms. The van der Waals surface area contributed by atoms with Gasteiger partial charge in [0.05, 0.1) is 12.3 Å². The number of ether oxygens (including phenoxy) is 1. The molecule has 2 aliphatic rings. The van der Waals surface area contributed by atoms with Gasteiger partial charge in [0.25, 0.3) is 0 Å². The Labute approximate surface area is 200 Å². The fourth-order valence-corrected chi connectivity index (χ4v) is 5.08. The van der Waals surface area contributed by atoms with Gasteiger partial charge >= 0.3 is 12.1 Å². The summed E-state index contributed by atoms with van der Waals surface area (Å²) >= 11 is 0. The summed E-state index contributed by atoms with van der Waals surface area (Å²) in [6, 6.07) is 16.3. The van der Waals surface area contributed by atoms with Gasteiger partial charge in [-0.1, -0.05) is 62.4 Å². The number of likely N-dealkylation sites (tertiary alicyclic amines) is 1. The monoisotopic (exact) mass is 464 g/mol. The van der Waals surface area contributed by atoms with E-state index in [0.29, 0.717) is 19.5 Å². The van der Waals surface area contributed by atoms with E-state index in [9.17, 15) is 14.4 Å². The Morgan fingerprint density at radius 3 is 2.18 bits per heavy atom. The van der Waals surface area contributed by atoms with Crippen molar-refractivity contribution in [2.24, 2.45) is 17.8 Å². The molecule has 1 saturated heterocycles. The maximum Gasteiger partial charge on any atom is 0.407 e. The summed E-state index contributed by atoms with van der Waals surface area (Å²) in [7, 11) is 0. The molecule has 2 aromatic carbocycles. The summed E-state index contributed by atoms with van der Waals surface area (Å²) < 4.78 is 5.60. The van der Waals surface area contributed by atoms with Crippen molar-refractivity contribution in [2.75, 3.05) is 26.2 Å². The number of benzene rings is 2. The van der Waals surface area contributed by atoms with Gasteiger partial charge in [0, 0.05) is 31.5 Å². The second-order valence-electron chi connectivity index (χ2n) is 9.74. The van der Waals surface area contributed by atoms with E-state index >= 15 is 0 Å². The molecule has 2 amide bonds. The summed E-state index contributed by atoms with van der Waals surface area (Å²) in [4.78, 5) is 38.0. The summed E-state index contributed by atoms with van der Waals surface area (Å²) in [5.41, 5.74) is 4.65. The van der Waals surface area contributed by atoms with Gasteiger partial charge in [-0.05, 0) is 34.6 Å². The van der Waals surface area contributed by atoms with Crippen LogP contribution in [0.15, 0.2) is 48.5 Å². The SMILES string of the molecule is CC(C)CC(CNC(=O)OCC1c2ccccc2-c2ccccc21)C(=O)N1CC(CC(=O)O)C1. The zero-order chi connectivity index (χ0) is 24.2. The van der Waals surface area contributed by atoms with Crippen molar-refractivity contribution < 1.29 is 24.2 Å². The predicted octanol–water partition coefficient (Wildman–Crippen LogP) is 4.12. The van der Waals surface area contributed by atoms with E-state index in [1.54, 1.807) is 4.90 Å². The summed E-state index contributed by atoms with van der Waals surface area (Å²) in [6.45, 7) is 5.43. The Balaban J connectivity index is 1.32. The van der Waals surface area contributed by atoms with Gasteiger partial charge < -0.3 is 20.1 Å². The molecule has 2 aromatic rings. The Morgan fingerprint density at radius 1 is 1.03 bits per heavy atom. The van der Waals surface area contributed by atoms with Gasteiger partial charge in [-0.25, -0.2) is 4.79 Å². The van der Waals surface area contributed by atoms with Gasteiger partial charge in [0.1, 0.15) is 6.61 Å². The largest absolute Gasteiger partial charge is 0.481 e. The summed E-state index contributed by atoms with van der Waals surface area (Å²) in [5.74, 6) is -0.947. The molecule has 0 radical (unpaired) electrons. The predicted molar refractivity (Wildman–Crippen MR) is 128 cm³/mol. The van der Waals surface area contributed by atoms with E-state index in [0.717, 1.165) is 11.1 Å². The Kier molecular flexibility index (Phi) is 7.20. The highest BCUT2D eigenvalue weighted by atomic mass is 16.5. The molecule has 7 heteroatoms. The molecule has 0 spiro atoms. The standard InChI is InChI=1S/C27H32N2O5/c1-17(2)11-19(26(32)29-14-18(15-29)12-25(30)31)13-28-27(33)34-16-24-22-9-5-3-7-20(22)21-8-4-6-10-23(21)24/h3-10,17-19,24H,11-16H2,1-2H3,(H,28,33)(H,30,31). The van der Waals surface area contributed by atoms with Crippen LogP contribution in [-0.4, -0.2) is 54.2 Å². The first-order valence-corrected chi connectivity index (χ1v) is 11.9. The lowest BCUT2D eigenvalue weighted by Gasteiger charge is -2.40. The van der Waals surface area contributed by atoms with Crippen LogP contribution in [0.1, 0.15) is 43.7 Å². The molecular formula is C27H32N2O5. The van der Waals surface area contributed by atoms with E-state index < -0.39 is 12.1 Å². The zero-order valence-electron chi connectivity index (χ0n) is 19.7. The van der Waals surface area contributed by atoms with Gasteiger partial charge in [0.2, 0.25) is 5.91 Å². The minimum atomic E-state index is -0.840. The number of hydrogen-bond donors (Lipinski definition) is 2. The molecule has 1 fully saturated rings. The normalized spacial score (nSPS) is 15.9. The van der Waals surface area contributed by atoms with E-state index in [2.05, 4.69) is 29.6 Å². The van der Waals surface area contributed by atoms with Crippen LogP contribution in [0.5, 0.6) is 0 Å². The number of nitrogens with one attached hydrogen (secondary N) is 1. The zero-order valence-corrected chi connectivity index (χ0v) is 19.7. The molecule has 1 atom stereocenters. The number of fused-ring (bicyclic) bond motifs is 3. The second-order valence-corrected chi connectivity index (χ2v) is 9.74. The lowest BCUT2D eigenvalue weighted by atomic mass is 9.91. The number of aliphatic carboxylic acids is 1. The van der Waals surface area contributed by atoms with Crippen molar-refractivity contribution in [1.29, 1.82) is 0 Å². The molecule has 0 bridgehead atoms. The minimum absolute atomic E-state index is 0.0104. The third kappa shape index (κ3) is 5.24. The number of alkyl carbamates (subject to hydrolysis) is 1. The van der Waals surface area contributed by atoms with Crippen molar-refractivity contribution in [2.45, 2.75) is 32.6 Å². The molecule has 1 unspecified atom stereocenters. The van der Waals surface area contributed by atoms with Crippen LogP contribution in [0.2, 0.25) is 0 Å². The van der Waals surface area contributed by atoms with E-state index in [4.69, 9.17) is 9.84 Å². The van der Waals surface area contributed by atoms with Gasteiger partial charge in [-0.15, -0.1) is 0 Å². The summed E-state index contributed by atoms with van der Waals surface area (Å²) in [5, 5.41) is 11.7. The van der Waals surface area contributed by atoms with Crippen molar-refractivity contribution >= 4 is 18.0 Å². The van der Waals surface area contributed by atoms with Crippen molar-refractivity contribution in [1.82, 2.24) is 10.2 Å². The fourth-order valence-electron chi connectivity index (χ4n) is 5.08. The van der Waals surface area contributed by atoms with Crippen LogP contribution in [-0.2, 0) is 14.3 Å². The van der Waals surface area contributed by atoms with Crippen molar-refractivity contribution in [3.05, 3.63) is 59.7 Å². The first-order chi connectivity index (χ1) is 16.3. The molecule has 1 heterocycles. The topological polar surface area (TPSA) is 95.9 Å². The maximum atomic E-state index is 12.9. The Morgan fingerprint density at radius 2 is 1.62 bits per heavy atom. The number of carboxylic acid groups (broad SMARTS) is 1. The molecule has 0 aromatic heterocycles. The highest BCUT2D eigenvalue weighted by molar-refractivity contribution is 5.81. The van der Waals surface area contributed by atoms with Crippen molar-refractivity contribution in [3.8, 4) is 11.1 Å². The average Bonchev–Trinajstić information content (AvgIpc) is 3.10. The fraction of sp³-hybridized carbons (Fsp3) is 0.444. The molecule has 7 nitrogen and oxygen atoms in total. The Bertz CT molecular complexity index is 1010. The second kappa shape index (κ2) is 10.3. The van der Waals surface area contributed by atoms with Gasteiger partial charge in [-0.2, -0.15) is 0 Å². The van der Waals surface area contributed by atoms with Gasteiger partial charge in [0.15, 0.2) is 0 Å². The van der Waals surface area contributed by atoms with Gasteiger partial charge in [-0.3, -0.25) is 9.59 Å². The molecule has 0 saturated carbocycles. The lowest BCUT2D eigenvalue weighted by molar-refractivity contribution is -0.147. The highest BCUT2D eigenvalue weighted by Gasteiger charge is 2.36. The Hall–Kier alpha value is -3.35. The number of rotatable bonds is 9. The van der Waals surface area contributed by atoms with Crippen LogP contribution in [0.3, 0.4) is 0 Å². The third-order valence-corrected chi connectivity index (χ3v) is 6.67. The van der Waals surface area contributed by atoms with E-state index in [-0.39, 0.29) is 49.2 Å². The van der Waals surface area contributed by atoms with Crippen molar-refractivity contribution in [3.63, 3.8) is 0 Å². The molecule has 1 aliphatic carbocycles. The number of hydrogen-bond acceptors (Lipinski definition) is 4.